The summed E-state index contributed by atoms with van der Waals surface area (Å²) in [6, 6.07) is 12.5. The van der Waals surface area contributed by atoms with E-state index in [9.17, 15) is 9.18 Å². The first-order chi connectivity index (χ1) is 13.6. The molecular formula is C22H23FN4O. The van der Waals surface area contributed by atoms with Crippen LogP contribution < -0.4 is 10.2 Å². The van der Waals surface area contributed by atoms with Crippen molar-refractivity contribution < 1.29 is 9.18 Å². The first-order valence-corrected chi connectivity index (χ1v) is 9.51. The molecule has 1 aromatic carbocycles. The summed E-state index contributed by atoms with van der Waals surface area (Å²) in [5.41, 5.74) is 2.44. The molecule has 5 nitrogen and oxygen atoms in total. The Labute approximate surface area is 163 Å². The quantitative estimate of drug-likeness (QED) is 0.741. The predicted molar refractivity (Wildman–Crippen MR) is 108 cm³/mol. The second-order valence-electron chi connectivity index (χ2n) is 7.17. The van der Waals surface area contributed by atoms with Crippen LogP contribution in [0.5, 0.6) is 0 Å². The molecule has 4 rings (SSSR count). The zero-order chi connectivity index (χ0) is 19.5. The van der Waals surface area contributed by atoms with E-state index in [4.69, 9.17) is 0 Å². The lowest BCUT2D eigenvalue weighted by Gasteiger charge is -2.32. The van der Waals surface area contributed by atoms with E-state index >= 15 is 0 Å². The lowest BCUT2D eigenvalue weighted by atomic mass is 9.95. The zero-order valence-corrected chi connectivity index (χ0v) is 15.8. The van der Waals surface area contributed by atoms with Gasteiger partial charge in [0, 0.05) is 37.1 Å². The maximum Gasteiger partial charge on any atom is 0.227 e. The Hall–Kier alpha value is -3.15. The molecule has 1 amide bonds. The molecular weight excluding hydrogens is 355 g/mol. The molecule has 0 unspecified atom stereocenters. The van der Waals surface area contributed by atoms with Gasteiger partial charge >= 0.3 is 0 Å². The number of aryl methyl sites for hydroxylation is 1. The van der Waals surface area contributed by atoms with Gasteiger partial charge in [0.05, 0.1) is 11.9 Å². The van der Waals surface area contributed by atoms with Crippen LogP contribution >= 0.6 is 0 Å². The molecule has 0 bridgehead atoms. The number of hydrogen-bond acceptors (Lipinski definition) is 3. The van der Waals surface area contributed by atoms with Crippen molar-refractivity contribution in [2.24, 2.45) is 5.92 Å². The fourth-order valence-corrected chi connectivity index (χ4v) is 3.60. The number of aromatic nitrogens is 2. The Balaban J connectivity index is 1.34. The summed E-state index contributed by atoms with van der Waals surface area (Å²) in [6.45, 7) is 3.37. The minimum Gasteiger partial charge on any atom is -0.357 e. The minimum absolute atomic E-state index is 0.00488. The third kappa shape index (κ3) is 3.91. The average Bonchev–Trinajstić information content (AvgIpc) is 3.25. The van der Waals surface area contributed by atoms with Crippen molar-refractivity contribution in [2.45, 2.75) is 19.8 Å². The van der Waals surface area contributed by atoms with Crippen molar-refractivity contribution in [3.8, 4) is 5.69 Å². The fraction of sp³-hybridized carbons (Fsp3) is 0.273. The summed E-state index contributed by atoms with van der Waals surface area (Å²) < 4.78 is 15.2. The average molecular weight is 378 g/mol. The second-order valence-corrected chi connectivity index (χ2v) is 7.17. The molecule has 1 aliphatic heterocycles. The lowest BCUT2D eigenvalue weighted by molar-refractivity contribution is -0.120. The van der Waals surface area contributed by atoms with Gasteiger partial charge in [-0.05, 0) is 67.8 Å². The van der Waals surface area contributed by atoms with E-state index < -0.39 is 0 Å². The summed E-state index contributed by atoms with van der Waals surface area (Å²) in [4.78, 5) is 19.4. The van der Waals surface area contributed by atoms with E-state index in [0.717, 1.165) is 43.0 Å². The maximum atomic E-state index is 13.2. The fourth-order valence-electron chi connectivity index (χ4n) is 3.60. The Morgan fingerprint density at radius 3 is 2.54 bits per heavy atom. The van der Waals surface area contributed by atoms with Gasteiger partial charge in [-0.15, -0.1) is 0 Å². The minimum atomic E-state index is -0.292. The van der Waals surface area contributed by atoms with Crippen molar-refractivity contribution in [1.29, 1.82) is 0 Å². The Kier molecular flexibility index (Phi) is 5.10. The number of nitrogens with one attached hydrogen (secondary N) is 1. The van der Waals surface area contributed by atoms with Crippen LogP contribution in [0.4, 0.5) is 15.9 Å². The Morgan fingerprint density at radius 2 is 1.89 bits per heavy atom. The number of carbonyl (C=O) groups excluding carboxylic acids is 1. The molecule has 1 saturated heterocycles. The van der Waals surface area contributed by atoms with E-state index in [0.29, 0.717) is 5.69 Å². The summed E-state index contributed by atoms with van der Waals surface area (Å²) in [5.74, 6) is 0.605. The van der Waals surface area contributed by atoms with Crippen molar-refractivity contribution in [2.75, 3.05) is 23.3 Å². The van der Waals surface area contributed by atoms with Gasteiger partial charge in [0.1, 0.15) is 11.6 Å². The van der Waals surface area contributed by atoms with Crippen molar-refractivity contribution >= 4 is 17.4 Å². The molecule has 0 radical (unpaired) electrons. The molecule has 0 saturated carbocycles. The topological polar surface area (TPSA) is 50.2 Å². The lowest BCUT2D eigenvalue weighted by Crippen LogP contribution is -2.38. The van der Waals surface area contributed by atoms with E-state index in [1.54, 1.807) is 13.0 Å². The van der Waals surface area contributed by atoms with E-state index in [2.05, 4.69) is 21.3 Å². The largest absolute Gasteiger partial charge is 0.357 e. The number of halogens is 1. The summed E-state index contributed by atoms with van der Waals surface area (Å²) >= 11 is 0. The van der Waals surface area contributed by atoms with Crippen molar-refractivity contribution in [3.05, 3.63) is 72.4 Å². The molecule has 0 aliphatic carbocycles. The number of pyridine rings is 1. The molecule has 1 N–H and O–H groups in total. The maximum absolute atomic E-state index is 13.2. The first kappa shape index (κ1) is 18.2. The van der Waals surface area contributed by atoms with Gasteiger partial charge in [0.2, 0.25) is 5.91 Å². The number of amides is 1. The molecule has 1 aliphatic rings. The molecule has 1 fully saturated rings. The van der Waals surface area contributed by atoms with Crippen LogP contribution in [0.15, 0.2) is 61.1 Å². The number of rotatable bonds is 4. The number of carbonyl (C=O) groups is 1. The SMILES string of the molecule is Cc1cc(F)ccc1NC(=O)C1CCN(c2ccc(-n3cccc3)cn2)CC1. The van der Waals surface area contributed by atoms with Crippen LogP contribution in [0.1, 0.15) is 18.4 Å². The van der Waals surface area contributed by atoms with Crippen LogP contribution in [0.25, 0.3) is 5.69 Å². The van der Waals surface area contributed by atoms with Crippen LogP contribution in [-0.4, -0.2) is 28.5 Å². The Morgan fingerprint density at radius 1 is 1.14 bits per heavy atom. The standard InChI is InChI=1S/C22H23FN4O/c1-16-14-18(23)4-6-20(16)25-22(28)17-8-12-27(13-9-17)21-7-5-19(15-24-21)26-10-2-3-11-26/h2-7,10-11,14-15,17H,8-9,12-13H2,1H3,(H,25,28). The van der Waals surface area contributed by atoms with Gasteiger partial charge in [0.15, 0.2) is 0 Å². The molecule has 3 heterocycles. The third-order valence-electron chi connectivity index (χ3n) is 5.27. The molecule has 3 aromatic rings. The van der Waals surface area contributed by atoms with Gasteiger partial charge in [-0.1, -0.05) is 0 Å². The molecule has 2 aromatic heterocycles. The summed E-state index contributed by atoms with van der Waals surface area (Å²) in [6.07, 6.45) is 7.39. The molecule has 0 atom stereocenters. The van der Waals surface area contributed by atoms with Crippen LogP contribution in [0, 0.1) is 18.7 Å². The molecule has 28 heavy (non-hydrogen) atoms. The van der Waals surface area contributed by atoms with Crippen molar-refractivity contribution in [1.82, 2.24) is 9.55 Å². The van der Waals surface area contributed by atoms with Crippen LogP contribution in [0.2, 0.25) is 0 Å². The van der Waals surface area contributed by atoms with E-state index in [1.807, 2.05) is 41.4 Å². The number of piperidine rings is 1. The molecule has 144 valence electrons. The second kappa shape index (κ2) is 7.84. The van der Waals surface area contributed by atoms with Gasteiger partial charge in [-0.2, -0.15) is 0 Å². The van der Waals surface area contributed by atoms with Crippen LogP contribution in [-0.2, 0) is 4.79 Å². The molecule has 6 heteroatoms. The summed E-state index contributed by atoms with van der Waals surface area (Å²) in [5, 5.41) is 2.94. The molecule has 0 spiro atoms. The normalized spacial score (nSPS) is 14.9. The highest BCUT2D eigenvalue weighted by Gasteiger charge is 2.26. The number of anilines is 2. The highest BCUT2D eigenvalue weighted by Crippen LogP contribution is 2.24. The number of nitrogens with zero attached hydrogens (tertiary/aromatic N) is 3. The number of benzene rings is 1. The van der Waals surface area contributed by atoms with E-state index in [-0.39, 0.29) is 17.6 Å². The van der Waals surface area contributed by atoms with Crippen molar-refractivity contribution in [3.63, 3.8) is 0 Å². The van der Waals surface area contributed by atoms with Gasteiger partial charge in [0.25, 0.3) is 0 Å². The highest BCUT2D eigenvalue weighted by molar-refractivity contribution is 5.93. The summed E-state index contributed by atoms with van der Waals surface area (Å²) in [7, 11) is 0. The third-order valence-corrected chi connectivity index (χ3v) is 5.27. The monoisotopic (exact) mass is 378 g/mol. The first-order valence-electron chi connectivity index (χ1n) is 9.51. The Bertz CT molecular complexity index is 945. The van der Waals surface area contributed by atoms with Gasteiger partial charge < -0.3 is 14.8 Å². The zero-order valence-electron chi connectivity index (χ0n) is 15.8. The highest BCUT2D eigenvalue weighted by atomic mass is 19.1. The van der Waals surface area contributed by atoms with E-state index in [1.165, 1.54) is 12.1 Å². The van der Waals surface area contributed by atoms with Gasteiger partial charge in [-0.25, -0.2) is 9.37 Å². The van der Waals surface area contributed by atoms with Crippen LogP contribution in [0.3, 0.4) is 0 Å². The van der Waals surface area contributed by atoms with Gasteiger partial charge in [-0.3, -0.25) is 4.79 Å². The predicted octanol–water partition coefficient (Wildman–Crippen LogP) is 4.17. The smallest absolute Gasteiger partial charge is 0.227 e. The number of hydrogen-bond donors (Lipinski definition) is 1.